The maximum Gasteiger partial charge on any atom is 0.178 e. The van der Waals surface area contributed by atoms with E-state index in [0.29, 0.717) is 30.0 Å². The lowest BCUT2D eigenvalue weighted by molar-refractivity contribution is -0.131. The van der Waals surface area contributed by atoms with E-state index >= 15 is 0 Å². The van der Waals surface area contributed by atoms with Gasteiger partial charge in [0.2, 0.25) is 0 Å². The minimum absolute atomic E-state index is 0.0593. The van der Waals surface area contributed by atoms with Gasteiger partial charge in [-0.15, -0.1) is 0 Å². The third kappa shape index (κ3) is 2.44. The molecule has 0 unspecified atom stereocenters. The number of halogens is 2. The van der Waals surface area contributed by atoms with Crippen molar-refractivity contribution in [3.8, 4) is 11.3 Å². The molecule has 0 saturated heterocycles. The zero-order valence-corrected chi connectivity index (χ0v) is 16.7. The van der Waals surface area contributed by atoms with E-state index in [9.17, 15) is 9.59 Å². The molecule has 0 aromatic carbocycles. The van der Waals surface area contributed by atoms with Gasteiger partial charge < -0.3 is 0 Å². The number of fused-ring (bicyclic) bond motifs is 5. The summed E-state index contributed by atoms with van der Waals surface area (Å²) in [6.07, 6.45) is 11.0. The Labute approximate surface area is 162 Å². The van der Waals surface area contributed by atoms with Gasteiger partial charge in [-0.1, -0.05) is 34.9 Å². The van der Waals surface area contributed by atoms with Crippen LogP contribution >= 0.6 is 27.5 Å². The van der Waals surface area contributed by atoms with Crippen LogP contribution in [0.1, 0.15) is 45.4 Å². The van der Waals surface area contributed by atoms with E-state index < -0.39 is 0 Å². The standard InChI is InChI=1S/C21H22BrClO2/c1-20-8-6-16-14(15(20)3-4-19(20)25)12-18(22)17-11-13(24)5-9-21(16,17)7-2-10-23/h5,9,11,14-16,18H,3-4,6-8,12H2,1H3/t14-,15-,16-,18+,20-,21+/m0/s1. The molecule has 4 aliphatic rings. The Morgan fingerprint density at radius 1 is 1.32 bits per heavy atom. The predicted molar refractivity (Wildman–Crippen MR) is 102 cm³/mol. The number of Topliss-reactive ketones (excluding diaryl/α,β-unsaturated/α-hetero) is 1. The minimum atomic E-state index is -0.222. The van der Waals surface area contributed by atoms with Crippen molar-refractivity contribution in [3.63, 3.8) is 0 Å². The maximum atomic E-state index is 12.5. The summed E-state index contributed by atoms with van der Waals surface area (Å²) < 4.78 is 0. The fourth-order valence-corrected chi connectivity index (χ4v) is 7.30. The highest BCUT2D eigenvalue weighted by atomic mass is 79.9. The molecule has 6 atom stereocenters. The van der Waals surface area contributed by atoms with Gasteiger partial charge in [-0.25, -0.2) is 0 Å². The van der Waals surface area contributed by atoms with Crippen molar-refractivity contribution < 1.29 is 9.59 Å². The number of hydrogen-bond acceptors (Lipinski definition) is 2. The molecule has 0 radical (unpaired) electrons. The molecular weight excluding hydrogens is 400 g/mol. The number of alkyl halides is 1. The minimum Gasteiger partial charge on any atom is -0.299 e. The third-order valence-corrected chi connectivity index (χ3v) is 8.45. The molecule has 4 aliphatic carbocycles. The van der Waals surface area contributed by atoms with Crippen LogP contribution < -0.4 is 0 Å². The first-order valence-corrected chi connectivity index (χ1v) is 10.4. The average molecular weight is 422 g/mol. The largest absolute Gasteiger partial charge is 0.299 e. The van der Waals surface area contributed by atoms with Crippen molar-refractivity contribution in [1.82, 2.24) is 0 Å². The summed E-state index contributed by atoms with van der Waals surface area (Å²) in [5.74, 6) is 4.96. The number of rotatable bonds is 1. The molecule has 0 spiro atoms. The van der Waals surface area contributed by atoms with Crippen molar-refractivity contribution >= 4 is 39.1 Å². The molecule has 25 heavy (non-hydrogen) atoms. The molecule has 0 heterocycles. The average Bonchev–Trinajstić information content (AvgIpc) is 2.90. The summed E-state index contributed by atoms with van der Waals surface area (Å²) in [6.45, 7) is 2.18. The normalized spacial score (nSPS) is 45.0. The molecule has 4 rings (SSSR count). The lowest BCUT2D eigenvalue weighted by atomic mass is 9.47. The second-order valence-electron chi connectivity index (χ2n) is 8.32. The van der Waals surface area contributed by atoms with Gasteiger partial charge in [-0.2, -0.15) is 0 Å². The fraction of sp³-hybridized carbons (Fsp3) is 0.619. The SMILES string of the molecule is C[C@]12CC[C@H]3[C@@H](C[C@@H](Br)C4=CC(=O)C=C[C@@]43CC#CCl)[C@@H]1CCC2=O. The van der Waals surface area contributed by atoms with Crippen LogP contribution in [0.15, 0.2) is 23.8 Å². The number of allylic oxidation sites excluding steroid dienone is 4. The Kier molecular flexibility index (Phi) is 4.28. The van der Waals surface area contributed by atoms with Crippen molar-refractivity contribution in [3.05, 3.63) is 23.8 Å². The highest BCUT2D eigenvalue weighted by Gasteiger charge is 2.60. The van der Waals surface area contributed by atoms with E-state index in [0.717, 1.165) is 37.7 Å². The van der Waals surface area contributed by atoms with Crippen LogP contribution in [-0.4, -0.2) is 16.4 Å². The summed E-state index contributed by atoms with van der Waals surface area (Å²) in [5, 5.41) is 2.53. The molecule has 0 N–H and O–H groups in total. The molecule has 132 valence electrons. The van der Waals surface area contributed by atoms with Crippen LogP contribution in [0.4, 0.5) is 0 Å². The zero-order chi connectivity index (χ0) is 17.8. The highest BCUT2D eigenvalue weighted by molar-refractivity contribution is 9.09. The topological polar surface area (TPSA) is 34.1 Å². The van der Waals surface area contributed by atoms with Gasteiger partial charge in [0, 0.05) is 33.9 Å². The van der Waals surface area contributed by atoms with Gasteiger partial charge in [0.1, 0.15) is 5.78 Å². The molecule has 4 heteroatoms. The van der Waals surface area contributed by atoms with Gasteiger partial charge >= 0.3 is 0 Å². The predicted octanol–water partition coefficient (Wildman–Crippen LogP) is 4.81. The molecular formula is C21H22BrClO2. The zero-order valence-electron chi connectivity index (χ0n) is 14.4. The van der Waals surface area contributed by atoms with E-state index in [2.05, 4.69) is 40.2 Å². The quantitative estimate of drug-likeness (QED) is 0.450. The van der Waals surface area contributed by atoms with E-state index in [1.165, 1.54) is 0 Å². The summed E-state index contributed by atoms with van der Waals surface area (Å²) in [7, 11) is 0. The van der Waals surface area contributed by atoms with Crippen molar-refractivity contribution in [2.45, 2.75) is 50.3 Å². The second kappa shape index (κ2) is 6.10. The first-order chi connectivity index (χ1) is 11.9. The van der Waals surface area contributed by atoms with Gasteiger partial charge in [-0.3, -0.25) is 9.59 Å². The molecule has 0 aromatic heterocycles. The molecule has 2 nitrogen and oxygen atoms in total. The van der Waals surface area contributed by atoms with Crippen LogP contribution in [0.3, 0.4) is 0 Å². The first-order valence-electron chi connectivity index (χ1n) is 9.13. The van der Waals surface area contributed by atoms with Crippen LogP contribution in [-0.2, 0) is 9.59 Å². The lowest BCUT2D eigenvalue weighted by Gasteiger charge is -2.57. The molecule has 3 fully saturated rings. The molecule has 0 aromatic rings. The Balaban J connectivity index is 1.80. The number of carbonyl (C=O) groups excluding carboxylic acids is 2. The Morgan fingerprint density at radius 2 is 2.12 bits per heavy atom. The number of hydrogen-bond donors (Lipinski definition) is 0. The first kappa shape index (κ1) is 17.6. The molecule has 0 bridgehead atoms. The number of ketones is 2. The maximum absolute atomic E-state index is 12.5. The summed E-state index contributed by atoms with van der Waals surface area (Å²) >= 11 is 9.55. The smallest absolute Gasteiger partial charge is 0.178 e. The molecule has 0 amide bonds. The number of carbonyl (C=O) groups is 2. The second-order valence-corrected chi connectivity index (χ2v) is 9.62. The van der Waals surface area contributed by atoms with Crippen LogP contribution in [0.5, 0.6) is 0 Å². The monoisotopic (exact) mass is 420 g/mol. The van der Waals surface area contributed by atoms with E-state index in [1.807, 2.05) is 0 Å². The van der Waals surface area contributed by atoms with Gasteiger partial charge in [0.25, 0.3) is 0 Å². The van der Waals surface area contributed by atoms with Crippen molar-refractivity contribution in [2.24, 2.45) is 28.6 Å². The van der Waals surface area contributed by atoms with Crippen LogP contribution in [0, 0.1) is 39.9 Å². The van der Waals surface area contributed by atoms with Gasteiger partial charge in [0.15, 0.2) is 5.78 Å². The van der Waals surface area contributed by atoms with E-state index in [-0.39, 0.29) is 21.4 Å². The summed E-state index contributed by atoms with van der Waals surface area (Å²) in [6, 6.07) is 0. The van der Waals surface area contributed by atoms with Crippen molar-refractivity contribution in [1.29, 1.82) is 0 Å². The lowest BCUT2D eigenvalue weighted by Crippen LogP contribution is -2.53. The summed E-state index contributed by atoms with van der Waals surface area (Å²) in [4.78, 5) is 24.7. The summed E-state index contributed by atoms with van der Waals surface area (Å²) in [5.41, 5.74) is 0.788. The molecule has 3 saturated carbocycles. The van der Waals surface area contributed by atoms with E-state index in [4.69, 9.17) is 11.6 Å². The Bertz CT molecular complexity index is 758. The Morgan fingerprint density at radius 3 is 2.88 bits per heavy atom. The van der Waals surface area contributed by atoms with Crippen molar-refractivity contribution in [2.75, 3.05) is 0 Å². The van der Waals surface area contributed by atoms with Gasteiger partial charge in [-0.05, 0) is 72.8 Å². The highest BCUT2D eigenvalue weighted by Crippen LogP contribution is 2.65. The fourth-order valence-electron chi connectivity index (χ4n) is 6.25. The third-order valence-electron chi connectivity index (χ3n) is 7.45. The van der Waals surface area contributed by atoms with Gasteiger partial charge in [0.05, 0.1) is 0 Å². The van der Waals surface area contributed by atoms with E-state index in [1.54, 1.807) is 12.2 Å². The van der Waals surface area contributed by atoms with Crippen LogP contribution in [0.2, 0.25) is 0 Å². The Hall–Kier alpha value is -0.850. The van der Waals surface area contributed by atoms with Crippen LogP contribution in [0.25, 0.3) is 0 Å². The molecule has 0 aliphatic heterocycles.